The molecule has 9 heteroatoms. The van der Waals surface area contributed by atoms with Crippen molar-refractivity contribution in [3.8, 4) is 5.75 Å². The summed E-state index contributed by atoms with van der Waals surface area (Å²) < 4.78 is 16.2. The fourth-order valence-corrected chi connectivity index (χ4v) is 3.06. The molecule has 0 aliphatic carbocycles. The average molecular weight is 411 g/mol. The molecule has 1 aliphatic heterocycles. The van der Waals surface area contributed by atoms with Gasteiger partial charge in [-0.25, -0.2) is 9.59 Å². The van der Waals surface area contributed by atoms with Gasteiger partial charge in [0.1, 0.15) is 24.2 Å². The van der Waals surface area contributed by atoms with Gasteiger partial charge in [0, 0.05) is 5.02 Å². The van der Waals surface area contributed by atoms with E-state index in [4.69, 9.17) is 37.1 Å². The number of furan rings is 1. The third kappa shape index (κ3) is 4.37. The van der Waals surface area contributed by atoms with Gasteiger partial charge >= 0.3 is 12.0 Å². The molecule has 27 heavy (non-hydrogen) atoms. The Morgan fingerprint density at radius 3 is 2.78 bits per heavy atom. The van der Waals surface area contributed by atoms with E-state index in [-0.39, 0.29) is 24.5 Å². The summed E-state index contributed by atoms with van der Waals surface area (Å²) in [4.78, 5) is 24.6. The summed E-state index contributed by atoms with van der Waals surface area (Å²) in [5.74, 6) is 0.168. The summed E-state index contributed by atoms with van der Waals surface area (Å²) in [6, 6.07) is 6.78. The molecule has 1 atom stereocenters. The van der Waals surface area contributed by atoms with E-state index in [9.17, 15) is 9.59 Å². The lowest BCUT2D eigenvalue weighted by molar-refractivity contribution is -0.139. The molecular weight excluding hydrogens is 395 g/mol. The van der Waals surface area contributed by atoms with E-state index in [1.807, 2.05) is 0 Å². The van der Waals surface area contributed by atoms with E-state index in [1.165, 1.54) is 12.3 Å². The van der Waals surface area contributed by atoms with Gasteiger partial charge in [0.2, 0.25) is 0 Å². The first-order valence-electron chi connectivity index (χ1n) is 8.08. The van der Waals surface area contributed by atoms with Gasteiger partial charge in [0.15, 0.2) is 0 Å². The molecule has 0 saturated heterocycles. The number of urea groups is 1. The van der Waals surface area contributed by atoms with Gasteiger partial charge in [-0.05, 0) is 37.3 Å². The van der Waals surface area contributed by atoms with E-state index in [2.05, 4.69) is 10.6 Å². The molecule has 0 saturated carbocycles. The van der Waals surface area contributed by atoms with Crippen LogP contribution in [0.3, 0.4) is 0 Å². The predicted molar refractivity (Wildman–Crippen MR) is 98.7 cm³/mol. The number of hydrogen-bond donors (Lipinski definition) is 2. The molecule has 142 valence electrons. The van der Waals surface area contributed by atoms with Gasteiger partial charge in [-0.3, -0.25) is 0 Å². The molecule has 1 aromatic heterocycles. The first kappa shape index (κ1) is 19.1. The van der Waals surface area contributed by atoms with E-state index in [0.717, 1.165) is 0 Å². The number of esters is 1. The lowest BCUT2D eigenvalue weighted by Gasteiger charge is -2.27. The maximum Gasteiger partial charge on any atom is 0.338 e. The maximum absolute atomic E-state index is 12.5. The molecule has 0 radical (unpaired) electrons. The second-order valence-corrected chi connectivity index (χ2v) is 6.37. The highest BCUT2D eigenvalue weighted by atomic mass is 35.5. The number of rotatable bonds is 6. The normalized spacial score (nSPS) is 16.6. The largest absolute Gasteiger partial charge is 0.486 e. The Bertz CT molecular complexity index is 880. The van der Waals surface area contributed by atoms with E-state index < -0.39 is 18.0 Å². The number of halogens is 2. The molecule has 2 heterocycles. The second-order valence-electron chi connectivity index (χ2n) is 5.52. The van der Waals surface area contributed by atoms with Crippen molar-refractivity contribution in [1.29, 1.82) is 0 Å². The third-order valence-corrected chi connectivity index (χ3v) is 4.27. The van der Waals surface area contributed by atoms with Crippen molar-refractivity contribution in [2.75, 3.05) is 13.2 Å². The van der Waals surface area contributed by atoms with Crippen molar-refractivity contribution in [3.63, 3.8) is 0 Å². The highest BCUT2D eigenvalue weighted by Gasteiger charge is 2.35. The fourth-order valence-electron chi connectivity index (χ4n) is 2.59. The van der Waals surface area contributed by atoms with Gasteiger partial charge in [0.25, 0.3) is 0 Å². The molecule has 1 aromatic carbocycles. The van der Waals surface area contributed by atoms with Crippen molar-refractivity contribution >= 4 is 35.2 Å². The van der Waals surface area contributed by atoms with Crippen LogP contribution in [0.15, 0.2) is 52.3 Å². The Morgan fingerprint density at radius 2 is 2.11 bits per heavy atom. The highest BCUT2D eigenvalue weighted by Crippen LogP contribution is 2.30. The van der Waals surface area contributed by atoms with E-state index in [1.54, 1.807) is 31.2 Å². The van der Waals surface area contributed by atoms with Crippen LogP contribution in [0.5, 0.6) is 5.75 Å². The number of nitrogens with one attached hydrogen (secondary N) is 2. The van der Waals surface area contributed by atoms with Crippen LogP contribution >= 0.6 is 23.2 Å². The summed E-state index contributed by atoms with van der Waals surface area (Å²) in [6.07, 6.45) is 1.45. The van der Waals surface area contributed by atoms with Crippen LogP contribution in [0, 0.1) is 0 Å². The minimum absolute atomic E-state index is 0.111. The second kappa shape index (κ2) is 8.37. The zero-order valence-corrected chi connectivity index (χ0v) is 15.8. The summed E-state index contributed by atoms with van der Waals surface area (Å²) >= 11 is 12.0. The van der Waals surface area contributed by atoms with Gasteiger partial charge in [-0.2, -0.15) is 0 Å². The quantitative estimate of drug-likeness (QED) is 0.706. The summed E-state index contributed by atoms with van der Waals surface area (Å²) in [6.45, 7) is 1.76. The Labute approximate surface area is 165 Å². The van der Waals surface area contributed by atoms with Crippen molar-refractivity contribution < 1.29 is 23.5 Å². The zero-order valence-electron chi connectivity index (χ0n) is 14.3. The third-order valence-electron chi connectivity index (χ3n) is 3.74. The van der Waals surface area contributed by atoms with Crippen LogP contribution in [0.4, 0.5) is 4.79 Å². The number of benzene rings is 1. The van der Waals surface area contributed by atoms with Crippen LogP contribution in [-0.4, -0.2) is 25.2 Å². The first-order chi connectivity index (χ1) is 13.0. The smallest absolute Gasteiger partial charge is 0.338 e. The molecule has 0 spiro atoms. The number of carbonyl (C=O) groups excluding carboxylic acids is 2. The van der Waals surface area contributed by atoms with Gasteiger partial charge in [-0.1, -0.05) is 23.2 Å². The Kier molecular flexibility index (Phi) is 5.93. The molecule has 7 nitrogen and oxygen atoms in total. The minimum atomic E-state index is -0.799. The summed E-state index contributed by atoms with van der Waals surface area (Å²) in [5, 5.41) is 6.02. The van der Waals surface area contributed by atoms with Gasteiger partial charge in [0.05, 0.1) is 29.2 Å². The standard InChI is InChI=1S/C18H16Cl2N2O5/c1-2-25-17(23)15-12(9-27-13-6-5-10(19)8-11(13)20)21-18(24)22-16(15)14-4-3-7-26-14/h3-8,16H,2,9H2,1H3,(H2,21,22,24). The summed E-state index contributed by atoms with van der Waals surface area (Å²) in [7, 11) is 0. The van der Waals surface area contributed by atoms with Crippen LogP contribution in [0.25, 0.3) is 0 Å². The summed E-state index contributed by atoms with van der Waals surface area (Å²) in [5.41, 5.74) is 0.445. The lowest BCUT2D eigenvalue weighted by Crippen LogP contribution is -2.47. The van der Waals surface area contributed by atoms with Crippen molar-refractivity contribution in [2.24, 2.45) is 0 Å². The molecule has 2 aromatic rings. The Morgan fingerprint density at radius 1 is 1.30 bits per heavy atom. The van der Waals surface area contributed by atoms with Crippen LogP contribution in [0.2, 0.25) is 10.0 Å². The SMILES string of the molecule is CCOC(=O)C1=C(COc2ccc(Cl)cc2Cl)NC(=O)NC1c1ccco1. The molecular formula is C18H16Cl2N2O5. The van der Waals surface area contributed by atoms with Gasteiger partial charge < -0.3 is 24.5 Å². The Hall–Kier alpha value is -2.64. The Balaban J connectivity index is 1.94. The van der Waals surface area contributed by atoms with Crippen LogP contribution in [-0.2, 0) is 9.53 Å². The average Bonchev–Trinajstić information content (AvgIpc) is 3.15. The monoisotopic (exact) mass is 410 g/mol. The van der Waals surface area contributed by atoms with Crippen molar-refractivity contribution in [2.45, 2.75) is 13.0 Å². The number of ether oxygens (including phenoxy) is 2. The van der Waals surface area contributed by atoms with E-state index >= 15 is 0 Å². The molecule has 3 rings (SSSR count). The van der Waals surface area contributed by atoms with Crippen molar-refractivity contribution in [1.82, 2.24) is 10.6 Å². The van der Waals surface area contributed by atoms with Crippen molar-refractivity contribution in [3.05, 3.63) is 63.7 Å². The molecule has 0 fully saturated rings. The van der Waals surface area contributed by atoms with Gasteiger partial charge in [-0.15, -0.1) is 0 Å². The van der Waals surface area contributed by atoms with Crippen LogP contribution < -0.4 is 15.4 Å². The molecule has 1 unspecified atom stereocenters. The molecule has 2 N–H and O–H groups in total. The first-order valence-corrected chi connectivity index (χ1v) is 8.84. The highest BCUT2D eigenvalue weighted by molar-refractivity contribution is 6.35. The molecule has 1 aliphatic rings. The van der Waals surface area contributed by atoms with E-state index in [0.29, 0.717) is 21.6 Å². The maximum atomic E-state index is 12.5. The minimum Gasteiger partial charge on any atom is -0.486 e. The zero-order chi connectivity index (χ0) is 19.4. The topological polar surface area (TPSA) is 89.8 Å². The number of amides is 2. The fraction of sp³-hybridized carbons (Fsp3) is 0.222. The molecule has 2 amide bonds. The van der Waals surface area contributed by atoms with Crippen LogP contribution in [0.1, 0.15) is 18.7 Å². The molecule has 0 bridgehead atoms. The predicted octanol–water partition coefficient (Wildman–Crippen LogP) is 3.84. The lowest BCUT2D eigenvalue weighted by atomic mass is 10.0. The number of carbonyl (C=O) groups is 2. The number of hydrogen-bond acceptors (Lipinski definition) is 5.